The van der Waals surface area contributed by atoms with Crippen LogP contribution in [0.25, 0.3) is 0 Å². The molecule has 2 aromatic rings. The van der Waals surface area contributed by atoms with Gasteiger partial charge in [0.25, 0.3) is 5.91 Å². The summed E-state index contributed by atoms with van der Waals surface area (Å²) in [6.45, 7) is 10.7. The van der Waals surface area contributed by atoms with Gasteiger partial charge in [-0.2, -0.15) is 4.31 Å². The first-order valence-corrected chi connectivity index (χ1v) is 12.1. The zero-order valence-corrected chi connectivity index (χ0v) is 20.1. The topological polar surface area (TPSA) is 99.9 Å². The largest absolute Gasteiger partial charge is 0.459 e. The quantitative estimate of drug-likeness (QED) is 0.737. The third kappa shape index (κ3) is 5.05. The van der Waals surface area contributed by atoms with Crippen molar-refractivity contribution in [3.63, 3.8) is 0 Å². The number of nitrogens with one attached hydrogen (secondary N) is 1. The number of hydrogen-bond donors (Lipinski definition) is 1. The van der Waals surface area contributed by atoms with Crippen molar-refractivity contribution in [1.29, 1.82) is 0 Å². The van der Waals surface area contributed by atoms with Gasteiger partial charge >= 0.3 is 0 Å². The van der Waals surface area contributed by atoms with Crippen LogP contribution in [-0.4, -0.2) is 62.2 Å². The number of nitrogens with zero attached hydrogens (tertiary/aromatic N) is 2. The molecule has 0 spiro atoms. The Bertz CT molecular complexity index is 1070. The summed E-state index contributed by atoms with van der Waals surface area (Å²) in [5.74, 6) is -0.588. The Morgan fingerprint density at radius 3 is 2.16 bits per heavy atom. The molecule has 0 bridgehead atoms. The molecule has 0 radical (unpaired) electrons. The zero-order valence-electron chi connectivity index (χ0n) is 19.3. The summed E-state index contributed by atoms with van der Waals surface area (Å²) < 4.78 is 33.2. The standard InChI is InChI=1S/C23H31N3O5S/c1-16-13-18(23(3,4)5)14-17(2)21(16)32(29,30)26-10-8-25(9-11-26)20(27)15-24-22(28)19-7-6-12-31-19/h6-7,12-14H,8-11,15H2,1-5H3,(H,24,28). The van der Waals surface area contributed by atoms with E-state index in [1.165, 1.54) is 16.6 Å². The molecule has 1 aromatic carbocycles. The minimum Gasteiger partial charge on any atom is -0.459 e. The van der Waals surface area contributed by atoms with Crippen molar-refractivity contribution in [3.8, 4) is 0 Å². The summed E-state index contributed by atoms with van der Waals surface area (Å²) in [5, 5.41) is 2.53. The molecule has 1 aliphatic heterocycles. The molecular formula is C23H31N3O5S. The van der Waals surface area contributed by atoms with E-state index in [-0.39, 0.29) is 49.8 Å². The van der Waals surface area contributed by atoms with Crippen molar-refractivity contribution < 1.29 is 22.4 Å². The van der Waals surface area contributed by atoms with Gasteiger partial charge in [-0.1, -0.05) is 32.9 Å². The van der Waals surface area contributed by atoms with E-state index in [1.54, 1.807) is 11.0 Å². The van der Waals surface area contributed by atoms with Gasteiger partial charge in [0, 0.05) is 26.2 Å². The number of rotatable bonds is 5. The molecule has 0 saturated carbocycles. The van der Waals surface area contributed by atoms with Gasteiger partial charge in [-0.15, -0.1) is 0 Å². The average molecular weight is 462 g/mol. The highest BCUT2D eigenvalue weighted by atomic mass is 32.2. The first kappa shape index (κ1) is 24.0. The fraction of sp³-hybridized carbons (Fsp3) is 0.478. The molecule has 9 heteroatoms. The first-order chi connectivity index (χ1) is 14.9. The minimum atomic E-state index is -3.68. The highest BCUT2D eigenvalue weighted by Crippen LogP contribution is 2.31. The zero-order chi connectivity index (χ0) is 23.7. The highest BCUT2D eigenvalue weighted by molar-refractivity contribution is 7.89. The summed E-state index contributed by atoms with van der Waals surface area (Å²) in [5.41, 5.74) is 2.48. The number of sulfonamides is 1. The van der Waals surface area contributed by atoms with Crippen molar-refractivity contribution in [2.24, 2.45) is 0 Å². The van der Waals surface area contributed by atoms with E-state index in [9.17, 15) is 18.0 Å². The average Bonchev–Trinajstić information content (AvgIpc) is 3.25. The van der Waals surface area contributed by atoms with Gasteiger partial charge < -0.3 is 14.6 Å². The van der Waals surface area contributed by atoms with Crippen LogP contribution in [0.1, 0.15) is 48.0 Å². The van der Waals surface area contributed by atoms with Crippen molar-refractivity contribution >= 4 is 21.8 Å². The predicted molar refractivity (Wildman–Crippen MR) is 121 cm³/mol. The second kappa shape index (κ2) is 9.07. The number of carbonyl (C=O) groups excluding carboxylic acids is 2. The summed E-state index contributed by atoms with van der Waals surface area (Å²) in [6.07, 6.45) is 1.39. The summed E-state index contributed by atoms with van der Waals surface area (Å²) in [4.78, 5) is 26.3. The Kier molecular flexibility index (Phi) is 6.80. The van der Waals surface area contributed by atoms with Gasteiger partial charge in [-0.3, -0.25) is 9.59 Å². The molecule has 8 nitrogen and oxygen atoms in total. The van der Waals surface area contributed by atoms with Crippen LogP contribution in [-0.2, 0) is 20.2 Å². The van der Waals surface area contributed by atoms with Crippen LogP contribution < -0.4 is 5.32 Å². The number of hydrogen-bond acceptors (Lipinski definition) is 5. The molecule has 1 aromatic heterocycles. The summed E-state index contributed by atoms with van der Waals surface area (Å²) in [7, 11) is -3.68. The molecular weight excluding hydrogens is 430 g/mol. The third-order valence-electron chi connectivity index (χ3n) is 5.66. The Hall–Kier alpha value is -2.65. The highest BCUT2D eigenvalue weighted by Gasteiger charge is 2.33. The lowest BCUT2D eigenvalue weighted by Gasteiger charge is -2.34. The van der Waals surface area contributed by atoms with Crippen LogP contribution in [0.4, 0.5) is 0 Å². The van der Waals surface area contributed by atoms with Crippen LogP contribution >= 0.6 is 0 Å². The Labute approximate surface area is 189 Å². The van der Waals surface area contributed by atoms with Crippen molar-refractivity contribution in [3.05, 3.63) is 53.0 Å². The van der Waals surface area contributed by atoms with Crippen molar-refractivity contribution in [2.45, 2.75) is 44.9 Å². The number of aryl methyl sites for hydroxylation is 2. The second-order valence-electron chi connectivity index (χ2n) is 9.13. The molecule has 1 fully saturated rings. The van der Waals surface area contributed by atoms with Crippen LogP contribution in [0.3, 0.4) is 0 Å². The van der Waals surface area contributed by atoms with E-state index in [4.69, 9.17) is 4.42 Å². The first-order valence-electron chi connectivity index (χ1n) is 10.6. The molecule has 1 aliphatic rings. The maximum atomic E-state index is 13.4. The SMILES string of the molecule is Cc1cc(C(C)(C)C)cc(C)c1S(=O)(=O)N1CCN(C(=O)CNC(=O)c2ccco2)CC1. The fourth-order valence-corrected chi connectivity index (χ4v) is 5.69. The number of piperazine rings is 1. The van der Waals surface area contributed by atoms with Gasteiger partial charge in [0.2, 0.25) is 15.9 Å². The molecule has 32 heavy (non-hydrogen) atoms. The Balaban J connectivity index is 1.64. The Morgan fingerprint density at radius 1 is 1.06 bits per heavy atom. The molecule has 0 aliphatic carbocycles. The van der Waals surface area contributed by atoms with Crippen LogP contribution in [0, 0.1) is 13.8 Å². The van der Waals surface area contributed by atoms with Gasteiger partial charge in [-0.25, -0.2) is 8.42 Å². The van der Waals surface area contributed by atoms with E-state index in [2.05, 4.69) is 26.1 Å². The molecule has 0 atom stereocenters. The van der Waals surface area contributed by atoms with Gasteiger partial charge in [-0.05, 0) is 48.1 Å². The number of benzene rings is 1. The molecule has 3 rings (SSSR count). The van der Waals surface area contributed by atoms with E-state index in [0.717, 1.165) is 16.7 Å². The third-order valence-corrected chi connectivity index (χ3v) is 7.87. The smallest absolute Gasteiger partial charge is 0.287 e. The van der Waals surface area contributed by atoms with E-state index in [0.29, 0.717) is 4.90 Å². The molecule has 1 N–H and O–H groups in total. The van der Waals surface area contributed by atoms with Crippen LogP contribution in [0.15, 0.2) is 39.8 Å². The molecule has 174 valence electrons. The lowest BCUT2D eigenvalue weighted by molar-refractivity contribution is -0.131. The lowest BCUT2D eigenvalue weighted by Crippen LogP contribution is -2.52. The molecule has 0 unspecified atom stereocenters. The van der Waals surface area contributed by atoms with Gasteiger partial charge in [0.1, 0.15) is 0 Å². The van der Waals surface area contributed by atoms with Gasteiger partial charge in [0.15, 0.2) is 5.76 Å². The van der Waals surface area contributed by atoms with Crippen LogP contribution in [0.2, 0.25) is 0 Å². The minimum absolute atomic E-state index is 0.0733. The molecule has 2 amide bonds. The fourth-order valence-electron chi connectivity index (χ4n) is 3.86. The van der Waals surface area contributed by atoms with Crippen LogP contribution in [0.5, 0.6) is 0 Å². The van der Waals surface area contributed by atoms with E-state index in [1.807, 2.05) is 26.0 Å². The van der Waals surface area contributed by atoms with Crippen molar-refractivity contribution in [2.75, 3.05) is 32.7 Å². The van der Waals surface area contributed by atoms with Crippen molar-refractivity contribution in [1.82, 2.24) is 14.5 Å². The lowest BCUT2D eigenvalue weighted by atomic mass is 9.85. The Morgan fingerprint density at radius 2 is 1.66 bits per heavy atom. The summed E-state index contributed by atoms with van der Waals surface area (Å²) in [6, 6.07) is 7.00. The van der Waals surface area contributed by atoms with E-state index >= 15 is 0 Å². The number of carbonyl (C=O) groups is 2. The molecule has 1 saturated heterocycles. The maximum Gasteiger partial charge on any atom is 0.287 e. The second-order valence-corrected chi connectivity index (χ2v) is 11.0. The summed E-state index contributed by atoms with van der Waals surface area (Å²) >= 11 is 0. The van der Waals surface area contributed by atoms with Gasteiger partial charge in [0.05, 0.1) is 17.7 Å². The maximum absolute atomic E-state index is 13.4. The molecule has 2 heterocycles. The predicted octanol–water partition coefficient (Wildman–Crippen LogP) is 2.46. The van der Waals surface area contributed by atoms with E-state index < -0.39 is 15.9 Å². The monoisotopic (exact) mass is 461 g/mol. The number of furan rings is 1. The normalized spacial score (nSPS) is 15.6. The number of amides is 2.